The molecule has 6 nitrogen and oxygen atoms in total. The molecule has 1 aliphatic carbocycles. The van der Waals surface area contributed by atoms with Crippen LogP contribution in [0.4, 0.5) is 0 Å². The molecule has 4 rings (SSSR count). The van der Waals surface area contributed by atoms with Gasteiger partial charge in [-0.3, -0.25) is 4.79 Å². The average molecular weight is 340 g/mol. The Morgan fingerprint density at radius 2 is 2.20 bits per heavy atom. The Hall–Kier alpha value is -2.21. The third kappa shape index (κ3) is 3.06. The van der Waals surface area contributed by atoms with Gasteiger partial charge in [0.1, 0.15) is 12.4 Å². The number of ether oxygens (including phenoxy) is 1. The predicted octanol–water partition coefficient (Wildman–Crippen LogP) is 2.31. The zero-order chi connectivity index (χ0) is 17.4. The number of morpholine rings is 1. The normalized spacial score (nSPS) is 25.8. The van der Waals surface area contributed by atoms with Gasteiger partial charge in [0.25, 0.3) is 0 Å². The number of amides is 1. The van der Waals surface area contributed by atoms with Gasteiger partial charge in [-0.25, -0.2) is 0 Å². The molecule has 2 aliphatic rings. The van der Waals surface area contributed by atoms with Crippen molar-refractivity contribution in [2.24, 2.45) is 5.92 Å². The largest absolute Gasteiger partial charge is 0.366 e. The first-order valence-electron chi connectivity index (χ1n) is 9.02. The van der Waals surface area contributed by atoms with E-state index in [9.17, 15) is 4.79 Å². The van der Waals surface area contributed by atoms with Crippen LogP contribution in [0.3, 0.4) is 0 Å². The Labute approximate surface area is 147 Å². The fraction of sp³-hybridized carbons (Fsp3) is 0.526. The lowest BCUT2D eigenvalue weighted by molar-refractivity contribution is -0.140. The minimum atomic E-state index is -0.184. The number of hydrogen-bond donors (Lipinski definition) is 0. The number of aromatic nitrogens is 3. The molecule has 0 N–H and O–H groups in total. The molecule has 132 valence electrons. The molecule has 6 heteroatoms. The van der Waals surface area contributed by atoms with E-state index >= 15 is 0 Å². The quantitative estimate of drug-likeness (QED) is 0.857. The third-order valence-corrected chi connectivity index (χ3v) is 5.35. The summed E-state index contributed by atoms with van der Waals surface area (Å²) in [6, 6.07) is 8.38. The highest BCUT2D eigenvalue weighted by Gasteiger charge is 2.47. The smallest absolute Gasteiger partial charge is 0.226 e. The zero-order valence-electron chi connectivity index (χ0n) is 14.8. The first-order valence-corrected chi connectivity index (χ1v) is 9.02. The fourth-order valence-electron chi connectivity index (χ4n) is 3.81. The Morgan fingerprint density at radius 3 is 3.00 bits per heavy atom. The third-order valence-electron chi connectivity index (χ3n) is 5.35. The van der Waals surface area contributed by atoms with Crippen molar-refractivity contribution in [3.05, 3.63) is 47.5 Å². The number of hydrogen-bond acceptors (Lipinski definition) is 4. The molecule has 1 aliphatic heterocycles. The van der Waals surface area contributed by atoms with Crippen LogP contribution < -0.4 is 0 Å². The molecule has 1 amide bonds. The summed E-state index contributed by atoms with van der Waals surface area (Å²) in [7, 11) is 0. The van der Waals surface area contributed by atoms with E-state index in [1.165, 1.54) is 11.1 Å². The molecule has 0 radical (unpaired) electrons. The molecular weight excluding hydrogens is 316 g/mol. The first kappa shape index (κ1) is 16.3. The van der Waals surface area contributed by atoms with Crippen molar-refractivity contribution >= 4 is 5.91 Å². The van der Waals surface area contributed by atoms with Gasteiger partial charge in [0.05, 0.1) is 13.2 Å². The minimum absolute atomic E-state index is 0.115. The molecule has 25 heavy (non-hydrogen) atoms. The second kappa shape index (κ2) is 6.59. The summed E-state index contributed by atoms with van der Waals surface area (Å²) in [4.78, 5) is 14.9. The van der Waals surface area contributed by atoms with Gasteiger partial charge in [0, 0.05) is 19.0 Å². The number of nitrogens with zero attached hydrogens (tertiary/aromatic N) is 4. The standard InChI is InChI=1S/C19H24N4O2/c1-3-22-12-20-21-18(22)17-11-23(8-9-25-17)19(24)16-10-15(16)14-7-5-4-6-13(14)2/h4-7,12,15-17H,3,8-11H2,1-2H3. The van der Waals surface area contributed by atoms with Gasteiger partial charge in [-0.2, -0.15) is 0 Å². The van der Waals surface area contributed by atoms with Crippen LogP contribution in [-0.4, -0.2) is 45.3 Å². The van der Waals surface area contributed by atoms with E-state index in [1.807, 2.05) is 9.47 Å². The second-order valence-corrected chi connectivity index (χ2v) is 6.92. The first-order chi connectivity index (χ1) is 12.2. The van der Waals surface area contributed by atoms with E-state index in [4.69, 9.17) is 4.74 Å². The Balaban J connectivity index is 1.44. The number of aryl methyl sites for hydroxylation is 2. The lowest BCUT2D eigenvalue weighted by Crippen LogP contribution is -2.43. The van der Waals surface area contributed by atoms with Crippen LogP contribution in [0, 0.1) is 12.8 Å². The van der Waals surface area contributed by atoms with E-state index in [1.54, 1.807) is 6.33 Å². The van der Waals surface area contributed by atoms with Gasteiger partial charge in [-0.05, 0) is 37.3 Å². The Kier molecular flexibility index (Phi) is 4.29. The van der Waals surface area contributed by atoms with Crippen LogP contribution in [0.2, 0.25) is 0 Å². The van der Waals surface area contributed by atoms with Crippen molar-refractivity contribution in [1.29, 1.82) is 0 Å². The van der Waals surface area contributed by atoms with Crippen LogP contribution in [0.1, 0.15) is 42.3 Å². The average Bonchev–Trinajstić information content (AvgIpc) is 3.29. The van der Waals surface area contributed by atoms with E-state index in [-0.39, 0.29) is 17.9 Å². The molecule has 1 aromatic heterocycles. The highest BCUT2D eigenvalue weighted by molar-refractivity contribution is 5.83. The minimum Gasteiger partial charge on any atom is -0.366 e. The van der Waals surface area contributed by atoms with Gasteiger partial charge in [0.15, 0.2) is 5.82 Å². The Bertz CT molecular complexity index is 772. The van der Waals surface area contributed by atoms with Crippen LogP contribution in [0.5, 0.6) is 0 Å². The topological polar surface area (TPSA) is 60.2 Å². The van der Waals surface area contributed by atoms with Crippen LogP contribution >= 0.6 is 0 Å². The molecule has 0 spiro atoms. The van der Waals surface area contributed by atoms with Gasteiger partial charge in [-0.1, -0.05) is 24.3 Å². The zero-order valence-corrected chi connectivity index (χ0v) is 14.8. The molecule has 1 aromatic carbocycles. The summed E-state index contributed by atoms with van der Waals surface area (Å²) in [5.41, 5.74) is 2.59. The van der Waals surface area contributed by atoms with Gasteiger partial charge >= 0.3 is 0 Å². The maximum absolute atomic E-state index is 13.0. The molecular formula is C19H24N4O2. The maximum atomic E-state index is 13.0. The van der Waals surface area contributed by atoms with Crippen molar-refractivity contribution in [3.63, 3.8) is 0 Å². The van der Waals surface area contributed by atoms with Gasteiger partial charge in [-0.15, -0.1) is 10.2 Å². The fourth-order valence-corrected chi connectivity index (χ4v) is 3.81. The maximum Gasteiger partial charge on any atom is 0.226 e. The van der Waals surface area contributed by atoms with Crippen LogP contribution in [-0.2, 0) is 16.1 Å². The molecule has 3 atom stereocenters. The number of carbonyl (C=O) groups is 1. The monoisotopic (exact) mass is 340 g/mol. The van der Waals surface area contributed by atoms with Gasteiger partial charge < -0.3 is 14.2 Å². The van der Waals surface area contributed by atoms with Gasteiger partial charge in [0.2, 0.25) is 5.91 Å². The number of rotatable bonds is 4. The molecule has 1 saturated heterocycles. The summed E-state index contributed by atoms with van der Waals surface area (Å²) in [6.07, 6.45) is 2.49. The predicted molar refractivity (Wildman–Crippen MR) is 93.0 cm³/mol. The lowest BCUT2D eigenvalue weighted by Gasteiger charge is -2.32. The van der Waals surface area contributed by atoms with E-state index in [2.05, 4.69) is 48.3 Å². The highest BCUT2D eigenvalue weighted by atomic mass is 16.5. The summed E-state index contributed by atoms with van der Waals surface area (Å²) < 4.78 is 7.84. The van der Waals surface area contributed by atoms with E-state index in [0.29, 0.717) is 25.6 Å². The second-order valence-electron chi connectivity index (χ2n) is 6.92. The summed E-state index contributed by atoms with van der Waals surface area (Å²) in [5, 5.41) is 8.17. The number of carbonyl (C=O) groups excluding carboxylic acids is 1. The summed E-state index contributed by atoms with van der Waals surface area (Å²) >= 11 is 0. The number of benzene rings is 1. The Morgan fingerprint density at radius 1 is 1.36 bits per heavy atom. The van der Waals surface area contributed by atoms with Crippen molar-refractivity contribution in [3.8, 4) is 0 Å². The molecule has 2 heterocycles. The van der Waals surface area contributed by atoms with E-state index in [0.717, 1.165) is 18.8 Å². The molecule has 0 bridgehead atoms. The lowest BCUT2D eigenvalue weighted by atomic mass is 10.0. The summed E-state index contributed by atoms with van der Waals surface area (Å²) in [6.45, 7) is 6.75. The van der Waals surface area contributed by atoms with Crippen LogP contribution in [0.25, 0.3) is 0 Å². The molecule has 1 saturated carbocycles. The molecule has 2 aromatic rings. The van der Waals surface area contributed by atoms with E-state index < -0.39 is 0 Å². The molecule has 3 unspecified atom stereocenters. The van der Waals surface area contributed by atoms with Crippen molar-refractivity contribution in [2.75, 3.05) is 19.7 Å². The van der Waals surface area contributed by atoms with Crippen molar-refractivity contribution < 1.29 is 9.53 Å². The van der Waals surface area contributed by atoms with Crippen LogP contribution in [0.15, 0.2) is 30.6 Å². The SMILES string of the molecule is CCn1cnnc1C1CN(C(=O)C2CC2c2ccccc2C)CCO1. The van der Waals surface area contributed by atoms with Crippen molar-refractivity contribution in [1.82, 2.24) is 19.7 Å². The molecule has 2 fully saturated rings. The highest BCUT2D eigenvalue weighted by Crippen LogP contribution is 2.49. The van der Waals surface area contributed by atoms with Crippen molar-refractivity contribution in [2.45, 2.75) is 38.8 Å². The summed E-state index contributed by atoms with van der Waals surface area (Å²) in [5.74, 6) is 1.55.